The maximum absolute atomic E-state index is 11.3. The van der Waals surface area contributed by atoms with E-state index in [9.17, 15) is 4.79 Å². The molecule has 0 unspecified atom stereocenters. The Kier molecular flexibility index (Phi) is 3.22. The van der Waals surface area contributed by atoms with Crippen LogP contribution in [-0.2, 0) is 0 Å². The first kappa shape index (κ1) is 11.1. The molecule has 3 nitrogen and oxygen atoms in total. The van der Waals surface area contributed by atoms with Crippen molar-refractivity contribution in [2.24, 2.45) is 5.92 Å². The molecule has 1 aliphatic rings. The molecule has 0 saturated heterocycles. The average molecular weight is 218 g/mol. The van der Waals surface area contributed by atoms with E-state index in [0.717, 1.165) is 30.4 Å². The van der Waals surface area contributed by atoms with Gasteiger partial charge >= 0.3 is 0 Å². The third kappa shape index (κ3) is 2.60. The van der Waals surface area contributed by atoms with Gasteiger partial charge < -0.3 is 4.90 Å². The largest absolute Gasteiger partial charge is 0.357 e. The molecule has 2 rings (SSSR count). The van der Waals surface area contributed by atoms with E-state index in [1.807, 2.05) is 6.07 Å². The third-order valence-corrected chi connectivity index (χ3v) is 3.03. The number of Topliss-reactive ketones (excluding diaryl/α,β-unsaturated/α-hetero) is 1. The molecule has 0 amide bonds. The summed E-state index contributed by atoms with van der Waals surface area (Å²) >= 11 is 0. The highest BCUT2D eigenvalue weighted by molar-refractivity contribution is 5.94. The third-order valence-electron chi connectivity index (χ3n) is 3.03. The molecule has 1 aromatic heterocycles. The summed E-state index contributed by atoms with van der Waals surface area (Å²) in [7, 11) is 0. The second-order valence-corrected chi connectivity index (χ2v) is 4.44. The quantitative estimate of drug-likeness (QED) is 0.712. The van der Waals surface area contributed by atoms with Crippen LogP contribution in [0.5, 0.6) is 0 Å². The summed E-state index contributed by atoms with van der Waals surface area (Å²) in [5, 5.41) is 0. The Morgan fingerprint density at radius 2 is 2.31 bits per heavy atom. The fourth-order valence-electron chi connectivity index (χ4n) is 1.81. The standard InChI is InChI=1S/C13H18N2O/c1-3-15(9-11-4-5-11)13-8-12(10(2)16)6-7-14-13/h6-8,11H,3-5,9H2,1-2H3. The highest BCUT2D eigenvalue weighted by Gasteiger charge is 2.24. The van der Waals surface area contributed by atoms with Crippen molar-refractivity contribution in [3.05, 3.63) is 23.9 Å². The molecular weight excluding hydrogens is 200 g/mol. The number of ketones is 1. The van der Waals surface area contributed by atoms with E-state index in [1.54, 1.807) is 19.2 Å². The molecule has 3 heteroatoms. The number of aromatic nitrogens is 1. The molecular formula is C13H18N2O. The van der Waals surface area contributed by atoms with Gasteiger partial charge in [0.25, 0.3) is 0 Å². The van der Waals surface area contributed by atoms with Gasteiger partial charge in [0.2, 0.25) is 0 Å². The van der Waals surface area contributed by atoms with Crippen LogP contribution in [0.1, 0.15) is 37.0 Å². The maximum atomic E-state index is 11.3. The van der Waals surface area contributed by atoms with Gasteiger partial charge in [-0.3, -0.25) is 4.79 Å². The van der Waals surface area contributed by atoms with Gasteiger partial charge in [-0.2, -0.15) is 0 Å². The summed E-state index contributed by atoms with van der Waals surface area (Å²) in [6.45, 7) is 5.75. The van der Waals surface area contributed by atoms with Crippen LogP contribution < -0.4 is 4.90 Å². The van der Waals surface area contributed by atoms with Gasteiger partial charge in [0.15, 0.2) is 5.78 Å². The molecule has 0 N–H and O–H groups in total. The number of rotatable bonds is 5. The Bertz CT molecular complexity index is 385. The van der Waals surface area contributed by atoms with Gasteiger partial charge in [0, 0.05) is 24.8 Å². The van der Waals surface area contributed by atoms with E-state index >= 15 is 0 Å². The second kappa shape index (κ2) is 4.64. The topological polar surface area (TPSA) is 33.2 Å². The highest BCUT2D eigenvalue weighted by Crippen LogP contribution is 2.30. The van der Waals surface area contributed by atoms with Crippen molar-refractivity contribution < 1.29 is 4.79 Å². The Balaban J connectivity index is 2.15. The predicted octanol–water partition coefficient (Wildman–Crippen LogP) is 2.52. The van der Waals surface area contributed by atoms with Crippen molar-refractivity contribution >= 4 is 11.6 Å². The maximum Gasteiger partial charge on any atom is 0.159 e. The Morgan fingerprint density at radius 3 is 2.88 bits per heavy atom. The number of nitrogens with zero attached hydrogens (tertiary/aromatic N) is 2. The molecule has 0 aliphatic heterocycles. The van der Waals surface area contributed by atoms with E-state index in [4.69, 9.17) is 0 Å². The number of pyridine rings is 1. The van der Waals surface area contributed by atoms with E-state index in [1.165, 1.54) is 12.8 Å². The van der Waals surface area contributed by atoms with Gasteiger partial charge in [0.05, 0.1) is 0 Å². The van der Waals surface area contributed by atoms with Gasteiger partial charge in [0.1, 0.15) is 5.82 Å². The normalized spacial score (nSPS) is 14.9. The van der Waals surface area contributed by atoms with Crippen LogP contribution >= 0.6 is 0 Å². The van der Waals surface area contributed by atoms with Crippen molar-refractivity contribution in [2.45, 2.75) is 26.7 Å². The molecule has 1 aliphatic carbocycles. The number of carbonyl (C=O) groups is 1. The zero-order valence-electron chi connectivity index (χ0n) is 9.94. The first-order valence-electron chi connectivity index (χ1n) is 5.92. The van der Waals surface area contributed by atoms with Gasteiger partial charge in [-0.1, -0.05) is 0 Å². The first-order valence-corrected chi connectivity index (χ1v) is 5.92. The monoisotopic (exact) mass is 218 g/mol. The van der Waals surface area contributed by atoms with E-state index in [0.29, 0.717) is 0 Å². The highest BCUT2D eigenvalue weighted by atomic mass is 16.1. The smallest absolute Gasteiger partial charge is 0.159 e. The first-order chi connectivity index (χ1) is 7.70. The van der Waals surface area contributed by atoms with Crippen molar-refractivity contribution in [2.75, 3.05) is 18.0 Å². The van der Waals surface area contributed by atoms with Crippen LogP contribution in [0.15, 0.2) is 18.3 Å². The lowest BCUT2D eigenvalue weighted by Gasteiger charge is -2.21. The van der Waals surface area contributed by atoms with Gasteiger partial charge in [-0.25, -0.2) is 4.98 Å². The Hall–Kier alpha value is -1.38. The fourth-order valence-corrected chi connectivity index (χ4v) is 1.81. The lowest BCUT2D eigenvalue weighted by atomic mass is 10.2. The van der Waals surface area contributed by atoms with E-state index in [-0.39, 0.29) is 5.78 Å². The summed E-state index contributed by atoms with van der Waals surface area (Å²) in [6.07, 6.45) is 4.40. The zero-order valence-corrected chi connectivity index (χ0v) is 9.94. The minimum absolute atomic E-state index is 0.103. The van der Waals surface area contributed by atoms with E-state index in [2.05, 4.69) is 16.8 Å². The number of hydrogen-bond donors (Lipinski definition) is 0. The molecule has 1 fully saturated rings. The molecule has 1 aromatic rings. The number of hydrogen-bond acceptors (Lipinski definition) is 3. The summed E-state index contributed by atoms with van der Waals surface area (Å²) < 4.78 is 0. The SMILES string of the molecule is CCN(CC1CC1)c1cc(C(C)=O)ccn1. The minimum atomic E-state index is 0.103. The Labute approximate surface area is 96.5 Å². The molecule has 16 heavy (non-hydrogen) atoms. The lowest BCUT2D eigenvalue weighted by Crippen LogP contribution is -2.26. The van der Waals surface area contributed by atoms with Gasteiger partial charge in [-0.05, 0) is 44.7 Å². The molecule has 1 heterocycles. The average Bonchev–Trinajstić information content (AvgIpc) is 3.10. The lowest BCUT2D eigenvalue weighted by molar-refractivity contribution is 0.101. The van der Waals surface area contributed by atoms with Crippen molar-refractivity contribution in [1.82, 2.24) is 4.98 Å². The van der Waals surface area contributed by atoms with Crippen LogP contribution in [0.2, 0.25) is 0 Å². The van der Waals surface area contributed by atoms with Gasteiger partial charge in [-0.15, -0.1) is 0 Å². The second-order valence-electron chi connectivity index (χ2n) is 4.44. The van der Waals surface area contributed by atoms with Crippen molar-refractivity contribution in [3.63, 3.8) is 0 Å². The zero-order chi connectivity index (χ0) is 11.5. The molecule has 0 bridgehead atoms. The van der Waals surface area contributed by atoms with Crippen LogP contribution in [0.4, 0.5) is 5.82 Å². The Morgan fingerprint density at radius 1 is 1.56 bits per heavy atom. The summed E-state index contributed by atoms with van der Waals surface area (Å²) in [5.41, 5.74) is 0.749. The van der Waals surface area contributed by atoms with E-state index < -0.39 is 0 Å². The molecule has 0 atom stereocenters. The number of carbonyl (C=O) groups excluding carboxylic acids is 1. The molecule has 0 aromatic carbocycles. The van der Waals surface area contributed by atoms with Crippen LogP contribution in [0, 0.1) is 5.92 Å². The predicted molar refractivity (Wildman–Crippen MR) is 64.9 cm³/mol. The van der Waals surface area contributed by atoms with Crippen LogP contribution in [0.25, 0.3) is 0 Å². The fraction of sp³-hybridized carbons (Fsp3) is 0.538. The summed E-state index contributed by atoms with van der Waals surface area (Å²) in [6, 6.07) is 3.67. The van der Waals surface area contributed by atoms with Crippen LogP contribution in [0.3, 0.4) is 0 Å². The molecule has 86 valence electrons. The van der Waals surface area contributed by atoms with Crippen molar-refractivity contribution in [1.29, 1.82) is 0 Å². The van der Waals surface area contributed by atoms with Crippen LogP contribution in [-0.4, -0.2) is 23.9 Å². The molecule has 0 radical (unpaired) electrons. The number of anilines is 1. The molecule has 0 spiro atoms. The minimum Gasteiger partial charge on any atom is -0.357 e. The molecule has 1 saturated carbocycles. The van der Waals surface area contributed by atoms with Crippen molar-refractivity contribution in [3.8, 4) is 0 Å². The summed E-state index contributed by atoms with van der Waals surface area (Å²) in [5.74, 6) is 1.87. The summed E-state index contributed by atoms with van der Waals surface area (Å²) in [4.78, 5) is 17.9.